The average Bonchev–Trinajstić information content (AvgIpc) is 3.20. The van der Waals surface area contributed by atoms with Crippen LogP contribution in [0.4, 0.5) is 5.82 Å². The molecule has 23 heteroatoms. The minimum atomic E-state index is -4.74. The van der Waals surface area contributed by atoms with E-state index in [1.807, 2.05) is 0 Å². The molecule has 0 aromatic carbocycles. The molecule has 0 saturated carbocycles. The van der Waals surface area contributed by atoms with Crippen LogP contribution in [0.25, 0.3) is 0 Å². The number of nitrogens with two attached hydrogens (primary N) is 2. The molecule has 43 heavy (non-hydrogen) atoms. The largest absolute Gasteiger partial charge is 0.477 e. The number of anilines is 1. The number of rotatable bonds is 10. The van der Waals surface area contributed by atoms with Crippen LogP contribution in [0.2, 0.25) is 0 Å². The highest BCUT2D eigenvalue weighted by molar-refractivity contribution is 7.46. The molecule has 1 amide bonds. The van der Waals surface area contributed by atoms with Crippen LogP contribution in [0.15, 0.2) is 17.1 Å². The summed E-state index contributed by atoms with van der Waals surface area (Å²) in [7, 11) is -4.74. The number of aliphatic carboxylic acids is 1. The number of carboxylic acid groups (broad SMARTS) is 1. The predicted molar refractivity (Wildman–Crippen MR) is 135 cm³/mol. The number of aliphatic hydroxyl groups is 7. The summed E-state index contributed by atoms with van der Waals surface area (Å²) in [6, 6.07) is -0.0459. The van der Waals surface area contributed by atoms with Crippen LogP contribution in [0, 0.1) is 0 Å². The van der Waals surface area contributed by atoms with Gasteiger partial charge in [-0.05, 0) is 6.07 Å². The van der Waals surface area contributed by atoms with Gasteiger partial charge in [-0.3, -0.25) is 13.9 Å². The van der Waals surface area contributed by atoms with Crippen LogP contribution in [0.5, 0.6) is 0 Å². The van der Waals surface area contributed by atoms with Gasteiger partial charge in [0.25, 0.3) is 5.79 Å². The first-order valence-corrected chi connectivity index (χ1v) is 13.7. The highest BCUT2D eigenvalue weighted by Crippen LogP contribution is 2.38. The second kappa shape index (κ2) is 14.9. The van der Waals surface area contributed by atoms with Crippen LogP contribution in [0.1, 0.15) is 12.6 Å². The van der Waals surface area contributed by atoms with Crippen molar-refractivity contribution in [1.82, 2.24) is 14.9 Å². The zero-order chi connectivity index (χ0) is 32.9. The molecular weight excluding hydrogens is 613 g/mol. The van der Waals surface area contributed by atoms with Crippen LogP contribution in [0.3, 0.4) is 0 Å². The van der Waals surface area contributed by atoms with E-state index in [4.69, 9.17) is 40.9 Å². The molecule has 10 atom stereocenters. The summed E-state index contributed by atoms with van der Waals surface area (Å²) < 4.78 is 25.8. The normalized spacial score (nSPS) is 32.3. The number of aliphatic hydroxyl groups excluding tert-OH is 6. The predicted octanol–water partition coefficient (Wildman–Crippen LogP) is -7.38. The number of carbonyl (C=O) groups excluding carboxylic acids is 1. The summed E-state index contributed by atoms with van der Waals surface area (Å²) in [6.07, 6.45) is -12.0. The van der Waals surface area contributed by atoms with Gasteiger partial charge in [0, 0.05) is 12.6 Å². The number of phosphoric ester groups is 1. The third kappa shape index (κ3) is 9.41. The molecule has 0 bridgehead atoms. The lowest BCUT2D eigenvalue weighted by Gasteiger charge is -2.44. The molecule has 15 N–H and O–H groups in total. The fourth-order valence-corrected chi connectivity index (χ4v) is 4.37. The minimum absolute atomic E-state index is 0.0225. The third-order valence-corrected chi connectivity index (χ3v) is 6.71. The molecule has 3 unspecified atom stereocenters. The molecule has 0 radical (unpaired) electrons. The summed E-state index contributed by atoms with van der Waals surface area (Å²) in [5, 5.41) is 78.7. The highest BCUT2D eigenvalue weighted by Gasteiger charge is 2.54. The highest BCUT2D eigenvalue weighted by atomic mass is 31.2. The van der Waals surface area contributed by atoms with Gasteiger partial charge in [0.1, 0.15) is 42.4 Å². The number of nitrogens with one attached hydrogen (secondary N) is 1. The number of carboxylic acids is 1. The maximum Gasteiger partial charge on any atom is 0.469 e. The number of amides is 1. The van der Waals surface area contributed by atoms with Crippen molar-refractivity contribution in [3.63, 3.8) is 0 Å². The zero-order valence-corrected chi connectivity index (χ0v) is 22.9. The van der Waals surface area contributed by atoms with Gasteiger partial charge in [-0.25, -0.2) is 14.2 Å². The monoisotopic (exact) mass is 647 g/mol. The molecule has 2 saturated heterocycles. The Morgan fingerprint density at radius 1 is 1.26 bits per heavy atom. The molecule has 3 heterocycles. The lowest BCUT2D eigenvalue weighted by atomic mass is 9.88. The summed E-state index contributed by atoms with van der Waals surface area (Å²) in [4.78, 5) is 54.7. The van der Waals surface area contributed by atoms with E-state index in [2.05, 4.69) is 14.8 Å². The molecule has 22 nitrogen and oxygen atoms in total. The molecular formula is C20H34N5O17P. The van der Waals surface area contributed by atoms with Crippen molar-refractivity contribution in [3.8, 4) is 0 Å². The lowest BCUT2D eigenvalue weighted by molar-refractivity contribution is -0.295. The van der Waals surface area contributed by atoms with E-state index in [1.165, 1.54) is 12.3 Å². The summed E-state index contributed by atoms with van der Waals surface area (Å²) in [5.41, 5.74) is 9.64. The lowest BCUT2D eigenvalue weighted by Crippen LogP contribution is -2.67. The van der Waals surface area contributed by atoms with E-state index in [-0.39, 0.29) is 5.82 Å². The Kier molecular flexibility index (Phi) is 12.6. The Labute approximate surface area is 240 Å². The number of hydrogen-bond acceptors (Lipinski definition) is 17. The Hall–Kier alpha value is -2.67. The fourth-order valence-electron chi connectivity index (χ4n) is 4.03. The molecule has 2 fully saturated rings. The van der Waals surface area contributed by atoms with Gasteiger partial charge >= 0.3 is 19.5 Å². The maximum absolute atomic E-state index is 11.6. The van der Waals surface area contributed by atoms with Crippen LogP contribution >= 0.6 is 7.82 Å². The topological polar surface area (TPSA) is 380 Å². The smallest absolute Gasteiger partial charge is 0.469 e. The minimum Gasteiger partial charge on any atom is -0.477 e. The van der Waals surface area contributed by atoms with E-state index in [0.29, 0.717) is 0 Å². The molecule has 1 aromatic rings. The van der Waals surface area contributed by atoms with Gasteiger partial charge in [0.05, 0.1) is 31.9 Å². The summed E-state index contributed by atoms with van der Waals surface area (Å²) >= 11 is 0. The second-order valence-electron chi connectivity index (χ2n) is 9.36. The van der Waals surface area contributed by atoms with Crippen molar-refractivity contribution in [2.75, 3.05) is 25.5 Å². The van der Waals surface area contributed by atoms with E-state index in [9.17, 15) is 49.6 Å². The van der Waals surface area contributed by atoms with E-state index < -0.39 is 112 Å². The number of nitrogen functional groups attached to an aromatic ring is 1. The van der Waals surface area contributed by atoms with Gasteiger partial charge < -0.3 is 76.9 Å². The first-order valence-electron chi connectivity index (χ1n) is 12.2. The SMILES string of the molecule is NCC(=O)N[C@@H]1[C@@H](O)CC(O)(C(=O)O)O[C@H]1C(O)C(O)CO.Nc1ccn([C@@H]2O[C@H](COP(=O)(O)O)[C@@H](O)[C@H]2O)c(=O)n1. The standard InChI is InChI=1S/C11H20N2O9.C9H14N3O8P/c12-2-6(17)13-7-4(15)1-11(21,10(19)20)22-9(7)8(18)5(16)3-14;10-5-1-2-12(9(15)11-5)8-7(14)6(13)4(20-8)3-19-21(16,17)18/h4-5,7-9,14-16,18,21H,1-3,12H2,(H,13,17)(H,19,20);1-2,4,6-8,13-14H,3H2,(H2,10,11,15)(H2,16,17,18)/t4-,5?,7+,8?,9+,11?;4-,6-,7-,8-/m01/s1. The molecule has 2 aliphatic rings. The van der Waals surface area contributed by atoms with E-state index in [1.54, 1.807) is 0 Å². The van der Waals surface area contributed by atoms with Crippen LogP contribution < -0.4 is 22.5 Å². The third-order valence-electron chi connectivity index (χ3n) is 6.22. The van der Waals surface area contributed by atoms with Crippen molar-refractivity contribution in [1.29, 1.82) is 0 Å². The summed E-state index contributed by atoms with van der Waals surface area (Å²) in [5.74, 6) is -5.38. The first kappa shape index (κ1) is 36.5. The Balaban J connectivity index is 0.000000300. The van der Waals surface area contributed by atoms with Gasteiger partial charge in [-0.1, -0.05) is 0 Å². The van der Waals surface area contributed by atoms with Crippen LogP contribution in [-0.4, -0.2) is 146 Å². The second-order valence-corrected chi connectivity index (χ2v) is 10.6. The maximum atomic E-state index is 11.6. The molecule has 2 aliphatic heterocycles. The number of hydrogen-bond donors (Lipinski definition) is 13. The average molecular weight is 647 g/mol. The fraction of sp³-hybridized carbons (Fsp3) is 0.700. The molecule has 0 aliphatic carbocycles. The number of phosphoric acid groups is 1. The molecule has 246 valence electrons. The van der Waals surface area contributed by atoms with Crippen molar-refractivity contribution < 1.29 is 78.8 Å². The molecule has 0 spiro atoms. The Morgan fingerprint density at radius 2 is 1.88 bits per heavy atom. The number of ether oxygens (including phenoxy) is 2. The molecule has 1 aromatic heterocycles. The van der Waals surface area contributed by atoms with Crippen LogP contribution in [-0.2, 0) is 28.2 Å². The quantitative estimate of drug-likeness (QED) is 0.105. The van der Waals surface area contributed by atoms with Gasteiger partial charge in [0.15, 0.2) is 6.23 Å². The van der Waals surface area contributed by atoms with Gasteiger partial charge in [-0.15, -0.1) is 0 Å². The Morgan fingerprint density at radius 3 is 2.40 bits per heavy atom. The van der Waals surface area contributed by atoms with Crippen molar-refractivity contribution >= 4 is 25.5 Å². The zero-order valence-electron chi connectivity index (χ0n) is 22.0. The first-order chi connectivity index (χ1) is 19.8. The van der Waals surface area contributed by atoms with Crippen molar-refractivity contribution in [2.45, 2.75) is 67.2 Å². The number of carbonyl (C=O) groups is 2. The number of nitrogens with zero attached hydrogens (tertiary/aromatic N) is 2. The van der Waals surface area contributed by atoms with E-state index >= 15 is 0 Å². The molecule has 3 rings (SSSR count). The van der Waals surface area contributed by atoms with Gasteiger partial charge in [-0.2, -0.15) is 4.98 Å². The number of aromatic nitrogens is 2. The van der Waals surface area contributed by atoms with Gasteiger partial charge in [0.2, 0.25) is 5.91 Å². The Bertz CT molecular complexity index is 1220. The van der Waals surface area contributed by atoms with Crippen molar-refractivity contribution in [3.05, 3.63) is 22.7 Å². The summed E-state index contributed by atoms with van der Waals surface area (Å²) in [6.45, 7) is -1.99. The van der Waals surface area contributed by atoms with E-state index in [0.717, 1.165) is 4.57 Å². The van der Waals surface area contributed by atoms with Crippen molar-refractivity contribution in [2.24, 2.45) is 5.73 Å².